The van der Waals surface area contributed by atoms with Crippen molar-refractivity contribution < 1.29 is 9.53 Å². The minimum atomic E-state index is -0.362. The first-order valence-electron chi connectivity index (χ1n) is 6.94. The maximum absolute atomic E-state index is 12.0. The highest BCUT2D eigenvalue weighted by Gasteiger charge is 2.40. The molecular formula is C14H22N4O2. The van der Waals surface area contributed by atoms with Gasteiger partial charge in [0, 0.05) is 26.2 Å². The van der Waals surface area contributed by atoms with Gasteiger partial charge >= 0.3 is 0 Å². The molecule has 1 saturated heterocycles. The number of aromatic nitrogens is 2. The van der Waals surface area contributed by atoms with E-state index in [9.17, 15) is 4.79 Å². The fraction of sp³-hybridized carbons (Fsp3) is 0.643. The zero-order valence-electron chi connectivity index (χ0n) is 12.6. The minimum Gasteiger partial charge on any atom is -0.478 e. The third-order valence-corrected chi connectivity index (χ3v) is 3.67. The van der Waals surface area contributed by atoms with E-state index in [0.717, 1.165) is 18.8 Å². The summed E-state index contributed by atoms with van der Waals surface area (Å²) in [6.07, 6.45) is 0.819. The summed E-state index contributed by atoms with van der Waals surface area (Å²) >= 11 is 0. The number of nitrogens with one attached hydrogen (secondary N) is 1. The molecule has 1 N–H and O–H groups in total. The highest BCUT2D eigenvalue weighted by atomic mass is 16.5. The van der Waals surface area contributed by atoms with E-state index in [1.54, 1.807) is 7.05 Å². The maximum atomic E-state index is 12.0. The standard InChI is InChI=1S/C14H22N4O2/c1-5-20-12-8-11(16-10(2)17-12)18-7-6-14(3,9-18)13(19)15-4/h8H,5-7,9H2,1-4H3,(H,15,19). The second kappa shape index (κ2) is 5.64. The summed E-state index contributed by atoms with van der Waals surface area (Å²) in [5, 5.41) is 2.74. The van der Waals surface area contributed by atoms with Gasteiger partial charge in [0.15, 0.2) is 0 Å². The lowest BCUT2D eigenvalue weighted by Gasteiger charge is -2.23. The third kappa shape index (κ3) is 2.84. The predicted octanol–water partition coefficient (Wildman–Crippen LogP) is 1.15. The summed E-state index contributed by atoms with van der Waals surface area (Å²) < 4.78 is 5.45. The average Bonchev–Trinajstić information content (AvgIpc) is 2.81. The molecule has 0 saturated carbocycles. The molecule has 1 fully saturated rings. The third-order valence-electron chi connectivity index (χ3n) is 3.67. The van der Waals surface area contributed by atoms with Gasteiger partial charge < -0.3 is 15.0 Å². The van der Waals surface area contributed by atoms with Gasteiger partial charge in [0.2, 0.25) is 11.8 Å². The van der Waals surface area contributed by atoms with Gasteiger partial charge in [-0.15, -0.1) is 0 Å². The molecule has 1 aromatic rings. The number of nitrogens with zero attached hydrogens (tertiary/aromatic N) is 3. The molecule has 0 spiro atoms. The van der Waals surface area contributed by atoms with E-state index in [0.29, 0.717) is 24.9 Å². The Morgan fingerprint density at radius 2 is 2.30 bits per heavy atom. The quantitative estimate of drug-likeness (QED) is 0.894. The SMILES string of the molecule is CCOc1cc(N2CCC(C)(C(=O)NC)C2)nc(C)n1. The summed E-state index contributed by atoms with van der Waals surface area (Å²) in [6.45, 7) is 7.81. The van der Waals surface area contributed by atoms with E-state index in [2.05, 4.69) is 20.2 Å². The molecule has 1 unspecified atom stereocenters. The number of ether oxygens (including phenoxy) is 1. The van der Waals surface area contributed by atoms with Crippen molar-refractivity contribution in [2.24, 2.45) is 5.41 Å². The van der Waals surface area contributed by atoms with E-state index in [4.69, 9.17) is 4.74 Å². The molecule has 0 bridgehead atoms. The van der Waals surface area contributed by atoms with Gasteiger partial charge in [-0.3, -0.25) is 4.79 Å². The van der Waals surface area contributed by atoms with Crippen LogP contribution in [0.5, 0.6) is 5.88 Å². The molecule has 6 heteroatoms. The molecule has 20 heavy (non-hydrogen) atoms. The van der Waals surface area contributed by atoms with Crippen LogP contribution < -0.4 is 15.0 Å². The molecule has 1 aliphatic heterocycles. The zero-order valence-corrected chi connectivity index (χ0v) is 12.6. The van der Waals surface area contributed by atoms with E-state index in [1.807, 2.05) is 26.8 Å². The Morgan fingerprint density at radius 3 is 2.95 bits per heavy atom. The molecule has 6 nitrogen and oxygen atoms in total. The molecule has 0 aliphatic carbocycles. The summed E-state index contributed by atoms with van der Waals surface area (Å²) in [6, 6.07) is 1.84. The van der Waals surface area contributed by atoms with Crippen molar-refractivity contribution in [3.05, 3.63) is 11.9 Å². The van der Waals surface area contributed by atoms with Crippen molar-refractivity contribution in [1.82, 2.24) is 15.3 Å². The van der Waals surface area contributed by atoms with Crippen molar-refractivity contribution in [3.63, 3.8) is 0 Å². The monoisotopic (exact) mass is 278 g/mol. The molecule has 0 radical (unpaired) electrons. The molecule has 1 aliphatic rings. The lowest BCUT2D eigenvalue weighted by atomic mass is 9.89. The summed E-state index contributed by atoms with van der Waals surface area (Å²) in [4.78, 5) is 22.8. The largest absolute Gasteiger partial charge is 0.478 e. The van der Waals surface area contributed by atoms with Crippen LogP contribution in [0.4, 0.5) is 5.82 Å². The van der Waals surface area contributed by atoms with Crippen LogP contribution in [0.25, 0.3) is 0 Å². The lowest BCUT2D eigenvalue weighted by Crippen LogP contribution is -2.39. The molecule has 2 rings (SSSR count). The van der Waals surface area contributed by atoms with Crippen LogP contribution in [-0.2, 0) is 4.79 Å². The van der Waals surface area contributed by atoms with E-state index in [1.165, 1.54) is 0 Å². The van der Waals surface area contributed by atoms with E-state index < -0.39 is 0 Å². The second-order valence-electron chi connectivity index (χ2n) is 5.36. The fourth-order valence-corrected chi connectivity index (χ4v) is 2.55. The van der Waals surface area contributed by atoms with E-state index >= 15 is 0 Å². The number of carbonyl (C=O) groups excluding carboxylic acids is 1. The molecule has 0 aromatic carbocycles. The van der Waals surface area contributed by atoms with E-state index in [-0.39, 0.29) is 11.3 Å². The van der Waals surface area contributed by atoms with Gasteiger partial charge in [-0.05, 0) is 27.2 Å². The smallest absolute Gasteiger partial charge is 0.227 e. The van der Waals surface area contributed by atoms with Crippen molar-refractivity contribution in [3.8, 4) is 5.88 Å². The van der Waals surface area contributed by atoms with Crippen LogP contribution in [0.2, 0.25) is 0 Å². The van der Waals surface area contributed by atoms with Crippen LogP contribution in [0.3, 0.4) is 0 Å². The average molecular weight is 278 g/mol. The minimum absolute atomic E-state index is 0.0795. The first-order valence-corrected chi connectivity index (χ1v) is 6.94. The zero-order chi connectivity index (χ0) is 14.8. The van der Waals surface area contributed by atoms with Crippen molar-refractivity contribution in [1.29, 1.82) is 0 Å². The molecule has 2 heterocycles. The summed E-state index contributed by atoms with van der Waals surface area (Å²) in [7, 11) is 1.68. The number of aryl methyl sites for hydroxylation is 1. The molecule has 1 atom stereocenters. The first kappa shape index (κ1) is 14.6. The Balaban J connectivity index is 2.19. The summed E-state index contributed by atoms with van der Waals surface area (Å²) in [5.41, 5.74) is -0.362. The number of carbonyl (C=O) groups is 1. The number of hydrogen-bond acceptors (Lipinski definition) is 5. The number of rotatable bonds is 4. The normalized spacial score (nSPS) is 21.9. The van der Waals surface area contributed by atoms with Crippen LogP contribution >= 0.6 is 0 Å². The fourth-order valence-electron chi connectivity index (χ4n) is 2.55. The molecular weight excluding hydrogens is 256 g/mol. The molecule has 1 aromatic heterocycles. The van der Waals surface area contributed by atoms with Crippen molar-refractivity contribution >= 4 is 11.7 Å². The second-order valence-corrected chi connectivity index (χ2v) is 5.36. The van der Waals surface area contributed by atoms with Crippen LogP contribution in [0.15, 0.2) is 6.07 Å². The van der Waals surface area contributed by atoms with Crippen molar-refractivity contribution in [2.75, 3.05) is 31.6 Å². The Hall–Kier alpha value is -1.85. The topological polar surface area (TPSA) is 67.3 Å². The van der Waals surface area contributed by atoms with Crippen LogP contribution in [-0.4, -0.2) is 42.6 Å². The maximum Gasteiger partial charge on any atom is 0.227 e. The summed E-state index contributed by atoms with van der Waals surface area (Å²) in [5.74, 6) is 2.17. The van der Waals surface area contributed by atoms with Gasteiger partial charge in [-0.1, -0.05) is 0 Å². The highest BCUT2D eigenvalue weighted by molar-refractivity contribution is 5.83. The Kier molecular flexibility index (Phi) is 4.11. The van der Waals surface area contributed by atoms with Gasteiger partial charge in [0.1, 0.15) is 11.6 Å². The van der Waals surface area contributed by atoms with Gasteiger partial charge in [0.05, 0.1) is 12.0 Å². The molecule has 110 valence electrons. The highest BCUT2D eigenvalue weighted by Crippen LogP contribution is 2.33. The predicted molar refractivity (Wildman–Crippen MR) is 76.9 cm³/mol. The Bertz CT molecular complexity index is 506. The Labute approximate surface area is 119 Å². The van der Waals surface area contributed by atoms with Gasteiger partial charge in [-0.2, -0.15) is 4.98 Å². The number of hydrogen-bond donors (Lipinski definition) is 1. The van der Waals surface area contributed by atoms with Crippen molar-refractivity contribution in [2.45, 2.75) is 27.2 Å². The number of amides is 1. The molecule has 1 amide bonds. The lowest BCUT2D eigenvalue weighted by molar-refractivity contribution is -0.128. The van der Waals surface area contributed by atoms with Gasteiger partial charge in [-0.25, -0.2) is 4.98 Å². The number of anilines is 1. The van der Waals surface area contributed by atoms with Crippen LogP contribution in [0.1, 0.15) is 26.1 Å². The van der Waals surface area contributed by atoms with Crippen LogP contribution in [0, 0.1) is 12.3 Å². The Morgan fingerprint density at radius 1 is 1.55 bits per heavy atom. The first-order chi connectivity index (χ1) is 9.48. The van der Waals surface area contributed by atoms with Gasteiger partial charge in [0.25, 0.3) is 0 Å².